The summed E-state index contributed by atoms with van der Waals surface area (Å²) in [4.78, 5) is 13.8. The zero-order valence-corrected chi connectivity index (χ0v) is 13.4. The largest absolute Gasteiger partial charge is 0.460 e. The lowest BCUT2D eigenvalue weighted by atomic mass is 9.93. The van der Waals surface area contributed by atoms with E-state index >= 15 is 0 Å². The fourth-order valence-electron chi connectivity index (χ4n) is 1.41. The molecule has 0 amide bonds. The second-order valence-electron chi connectivity index (χ2n) is 4.30. The Balaban J connectivity index is 0. The number of unbranched alkanes of at least 4 members (excludes halogenated alkanes) is 1. The van der Waals surface area contributed by atoms with Crippen molar-refractivity contribution < 1.29 is 9.53 Å². The highest BCUT2D eigenvalue weighted by atomic mass is 127. The van der Waals surface area contributed by atoms with E-state index in [2.05, 4.69) is 6.58 Å². The van der Waals surface area contributed by atoms with Crippen LogP contribution >= 0.6 is 24.0 Å². The zero-order chi connectivity index (χ0) is 12.6. The number of hydrogen-bond acceptors (Lipinski definition) is 4. The van der Waals surface area contributed by atoms with E-state index in [1.807, 2.05) is 25.9 Å². The molecule has 102 valence electrons. The van der Waals surface area contributed by atoms with Gasteiger partial charge in [-0.25, -0.2) is 0 Å². The van der Waals surface area contributed by atoms with Crippen LogP contribution in [0.5, 0.6) is 0 Å². The first-order valence-electron chi connectivity index (χ1n) is 5.64. The minimum absolute atomic E-state index is 0. The van der Waals surface area contributed by atoms with E-state index in [0.717, 1.165) is 19.3 Å². The van der Waals surface area contributed by atoms with Crippen molar-refractivity contribution >= 4 is 29.9 Å². The molecule has 1 atom stereocenters. The number of hydrogen-bond donors (Lipinski definition) is 1. The number of nitrogens with two attached hydrogens (primary N) is 1. The first-order chi connectivity index (χ1) is 7.49. The van der Waals surface area contributed by atoms with E-state index < -0.39 is 5.54 Å². The topological polar surface area (TPSA) is 55.6 Å². The molecule has 5 heteroatoms. The normalized spacial score (nSPS) is 13.7. The van der Waals surface area contributed by atoms with Gasteiger partial charge in [0.1, 0.15) is 12.1 Å². The number of nitrogens with zero attached hydrogens (tertiary/aromatic N) is 1. The minimum Gasteiger partial charge on any atom is -0.460 e. The number of carbonyl (C=O) groups excluding carboxylic acids is 1. The van der Waals surface area contributed by atoms with Crippen LogP contribution < -0.4 is 5.73 Å². The fourth-order valence-corrected chi connectivity index (χ4v) is 1.41. The maximum Gasteiger partial charge on any atom is 0.326 e. The van der Waals surface area contributed by atoms with Crippen LogP contribution in [0.3, 0.4) is 0 Å². The molecule has 0 aliphatic rings. The standard InChI is InChI=1S/C12H24N2O2.HI/c1-5-10-16-11(15)12(2,14(3)4)8-6-7-9-13;/h5H,1,6-10,13H2,2-4H3;1H/t12-;/m0./s1. The molecule has 17 heavy (non-hydrogen) atoms. The van der Waals surface area contributed by atoms with Gasteiger partial charge in [0.15, 0.2) is 0 Å². The second kappa shape index (κ2) is 9.85. The molecule has 0 aromatic carbocycles. The summed E-state index contributed by atoms with van der Waals surface area (Å²) in [6.07, 6.45) is 4.19. The Morgan fingerprint density at radius 2 is 2.06 bits per heavy atom. The summed E-state index contributed by atoms with van der Waals surface area (Å²) in [5, 5.41) is 0. The maximum atomic E-state index is 11.9. The van der Waals surface area contributed by atoms with E-state index in [1.54, 1.807) is 6.08 Å². The van der Waals surface area contributed by atoms with Gasteiger partial charge in [-0.1, -0.05) is 12.7 Å². The lowest BCUT2D eigenvalue weighted by molar-refractivity contribution is -0.155. The predicted octanol–water partition coefficient (Wildman–Crippen LogP) is 1.78. The highest BCUT2D eigenvalue weighted by Crippen LogP contribution is 2.21. The van der Waals surface area contributed by atoms with Crippen LogP contribution in [0.15, 0.2) is 12.7 Å². The van der Waals surface area contributed by atoms with Crippen LogP contribution in [0, 0.1) is 0 Å². The molecule has 0 spiro atoms. The summed E-state index contributed by atoms with van der Waals surface area (Å²) in [6.45, 7) is 6.35. The lowest BCUT2D eigenvalue weighted by Crippen LogP contribution is -2.49. The molecule has 0 aliphatic heterocycles. The third-order valence-corrected chi connectivity index (χ3v) is 2.88. The summed E-state index contributed by atoms with van der Waals surface area (Å²) < 4.78 is 5.12. The second-order valence-corrected chi connectivity index (χ2v) is 4.30. The molecule has 0 saturated heterocycles. The van der Waals surface area contributed by atoms with Crippen LogP contribution in [-0.2, 0) is 9.53 Å². The summed E-state index contributed by atoms with van der Waals surface area (Å²) in [5.74, 6) is -0.200. The lowest BCUT2D eigenvalue weighted by Gasteiger charge is -2.33. The monoisotopic (exact) mass is 356 g/mol. The Morgan fingerprint density at radius 3 is 2.47 bits per heavy atom. The maximum absolute atomic E-state index is 11.9. The molecule has 0 heterocycles. The van der Waals surface area contributed by atoms with E-state index in [0.29, 0.717) is 6.54 Å². The number of halogens is 1. The molecular weight excluding hydrogens is 331 g/mol. The van der Waals surface area contributed by atoms with Gasteiger partial charge in [-0.3, -0.25) is 9.69 Å². The number of esters is 1. The van der Waals surface area contributed by atoms with E-state index in [1.165, 1.54) is 0 Å². The first kappa shape index (κ1) is 19.2. The van der Waals surface area contributed by atoms with Crippen molar-refractivity contribution in [1.82, 2.24) is 4.90 Å². The van der Waals surface area contributed by atoms with E-state index in [-0.39, 0.29) is 36.6 Å². The molecule has 0 unspecified atom stereocenters. The van der Waals surface area contributed by atoms with Gasteiger partial charge in [0, 0.05) is 0 Å². The average molecular weight is 356 g/mol. The highest BCUT2D eigenvalue weighted by Gasteiger charge is 2.36. The minimum atomic E-state index is -0.571. The fraction of sp³-hybridized carbons (Fsp3) is 0.750. The highest BCUT2D eigenvalue weighted by molar-refractivity contribution is 14.0. The summed E-state index contributed by atoms with van der Waals surface area (Å²) >= 11 is 0. The van der Waals surface area contributed by atoms with Gasteiger partial charge in [0.2, 0.25) is 0 Å². The Morgan fingerprint density at radius 1 is 1.47 bits per heavy atom. The Labute approximate surface area is 122 Å². The van der Waals surface area contributed by atoms with Gasteiger partial charge in [0.25, 0.3) is 0 Å². The third kappa shape index (κ3) is 6.38. The van der Waals surface area contributed by atoms with Gasteiger partial charge in [-0.15, -0.1) is 24.0 Å². The van der Waals surface area contributed by atoms with Crippen molar-refractivity contribution in [2.24, 2.45) is 5.73 Å². The van der Waals surface area contributed by atoms with Crippen LogP contribution in [0.2, 0.25) is 0 Å². The molecule has 0 aromatic heterocycles. The zero-order valence-electron chi connectivity index (χ0n) is 11.1. The van der Waals surface area contributed by atoms with Crippen molar-refractivity contribution in [2.45, 2.75) is 31.7 Å². The number of carbonyl (C=O) groups is 1. The average Bonchev–Trinajstić information content (AvgIpc) is 2.25. The van der Waals surface area contributed by atoms with Gasteiger partial charge in [0.05, 0.1) is 0 Å². The molecule has 0 saturated carbocycles. The van der Waals surface area contributed by atoms with E-state index in [9.17, 15) is 4.79 Å². The quantitative estimate of drug-likeness (QED) is 0.312. The van der Waals surface area contributed by atoms with Gasteiger partial charge in [-0.05, 0) is 46.8 Å². The molecule has 2 N–H and O–H groups in total. The molecule has 0 fully saturated rings. The molecule has 0 rings (SSSR count). The van der Waals surface area contributed by atoms with Gasteiger partial charge in [-0.2, -0.15) is 0 Å². The van der Waals surface area contributed by atoms with Crippen molar-refractivity contribution in [3.63, 3.8) is 0 Å². The van der Waals surface area contributed by atoms with Crippen molar-refractivity contribution in [1.29, 1.82) is 0 Å². The van der Waals surface area contributed by atoms with E-state index in [4.69, 9.17) is 10.5 Å². The van der Waals surface area contributed by atoms with Crippen LogP contribution in [0.4, 0.5) is 0 Å². The summed E-state index contributed by atoms with van der Waals surface area (Å²) in [7, 11) is 3.77. The molecule has 4 nitrogen and oxygen atoms in total. The Kier molecular flexibility index (Phi) is 11.1. The Hall–Kier alpha value is -0.140. The Bertz CT molecular complexity index is 235. The van der Waals surface area contributed by atoms with Crippen molar-refractivity contribution in [2.75, 3.05) is 27.2 Å². The van der Waals surface area contributed by atoms with Crippen LogP contribution in [0.25, 0.3) is 0 Å². The SMILES string of the molecule is C=CCOC(=O)[C@](C)(CCCCN)N(C)C.I. The number of ether oxygens (including phenoxy) is 1. The summed E-state index contributed by atoms with van der Waals surface area (Å²) in [6, 6.07) is 0. The summed E-state index contributed by atoms with van der Waals surface area (Å²) in [5.41, 5.74) is 4.88. The molecule has 0 bridgehead atoms. The predicted molar refractivity (Wildman–Crippen MR) is 81.6 cm³/mol. The van der Waals surface area contributed by atoms with Gasteiger partial charge < -0.3 is 10.5 Å². The smallest absolute Gasteiger partial charge is 0.326 e. The number of rotatable bonds is 8. The molecule has 0 radical (unpaired) electrons. The molecule has 0 aromatic rings. The van der Waals surface area contributed by atoms with Crippen LogP contribution in [-0.4, -0.2) is 43.7 Å². The molecule has 0 aliphatic carbocycles. The first-order valence-corrected chi connectivity index (χ1v) is 5.64. The van der Waals surface area contributed by atoms with Crippen LogP contribution in [0.1, 0.15) is 26.2 Å². The number of likely N-dealkylation sites (N-methyl/N-ethyl adjacent to an activating group) is 1. The van der Waals surface area contributed by atoms with Gasteiger partial charge >= 0.3 is 5.97 Å². The molecular formula is C12H25IN2O2. The van der Waals surface area contributed by atoms with Crippen molar-refractivity contribution in [3.8, 4) is 0 Å². The third-order valence-electron chi connectivity index (χ3n) is 2.88. The van der Waals surface area contributed by atoms with Crippen molar-refractivity contribution in [3.05, 3.63) is 12.7 Å².